The fourth-order valence-corrected chi connectivity index (χ4v) is 8.00. The quantitative estimate of drug-likeness (QED) is 0.178. The molecule has 2 heteroatoms. The van der Waals surface area contributed by atoms with Crippen LogP contribution >= 0.6 is 0 Å². The van der Waals surface area contributed by atoms with E-state index in [9.17, 15) is 0 Å². The van der Waals surface area contributed by atoms with Crippen LogP contribution < -0.4 is 10.6 Å². The molecule has 1 aliphatic rings. The standard InChI is InChI=1S/C48H34N2/c1-3-13-33(14-4-1)35-17-11-19-39(29-35)49-45-23-9-7-21-41(45)43-31-37(25-27-47(43)49)38-26-28-48-44(32-38)42-22-8-10-24-46(42)50(48)40-20-12-18-36(30-40)34-15-5-2-6-16-34/h1-7,9,11-32H,8,10H2. The lowest BCUT2D eigenvalue weighted by atomic mass is 10.0. The lowest BCUT2D eigenvalue weighted by molar-refractivity contribution is 1.02. The Morgan fingerprint density at radius 1 is 0.320 bits per heavy atom. The van der Waals surface area contributed by atoms with Gasteiger partial charge in [0.25, 0.3) is 0 Å². The first kappa shape index (κ1) is 28.6. The van der Waals surface area contributed by atoms with Crippen LogP contribution in [0.1, 0.15) is 12.8 Å². The number of aromatic nitrogens is 2. The van der Waals surface area contributed by atoms with Crippen molar-refractivity contribution in [2.75, 3.05) is 0 Å². The zero-order valence-corrected chi connectivity index (χ0v) is 27.6. The van der Waals surface area contributed by atoms with Crippen LogP contribution in [0.5, 0.6) is 0 Å². The molecule has 0 N–H and O–H groups in total. The molecule has 0 radical (unpaired) electrons. The van der Waals surface area contributed by atoms with Gasteiger partial charge in [-0.2, -0.15) is 0 Å². The fourth-order valence-electron chi connectivity index (χ4n) is 8.00. The van der Waals surface area contributed by atoms with Crippen molar-refractivity contribution in [3.8, 4) is 44.8 Å². The first-order valence-corrected chi connectivity index (χ1v) is 17.5. The summed E-state index contributed by atoms with van der Waals surface area (Å²) in [6.45, 7) is 0. The fraction of sp³-hybridized carbons (Fsp3) is 0.0417. The van der Waals surface area contributed by atoms with E-state index in [0.717, 1.165) is 12.8 Å². The Balaban J connectivity index is 1.12. The average Bonchev–Trinajstić information content (AvgIpc) is 3.71. The second-order valence-electron chi connectivity index (χ2n) is 13.3. The molecule has 9 aromatic rings. The average molecular weight is 639 g/mol. The smallest absolute Gasteiger partial charge is 0.0541 e. The molecular weight excluding hydrogens is 605 g/mol. The first-order valence-electron chi connectivity index (χ1n) is 17.5. The highest BCUT2D eigenvalue weighted by Gasteiger charge is 2.16. The molecule has 0 bridgehead atoms. The van der Waals surface area contributed by atoms with Crippen molar-refractivity contribution in [3.05, 3.63) is 180 Å². The van der Waals surface area contributed by atoms with Gasteiger partial charge in [-0.25, -0.2) is 0 Å². The number of hydrogen-bond acceptors (Lipinski definition) is 0. The number of benzene rings is 7. The predicted octanol–water partition coefficient (Wildman–Crippen LogP) is 11.1. The summed E-state index contributed by atoms with van der Waals surface area (Å²) < 4.78 is 4.87. The van der Waals surface area contributed by atoms with Gasteiger partial charge in [0.15, 0.2) is 0 Å². The van der Waals surface area contributed by atoms with E-state index >= 15 is 0 Å². The monoisotopic (exact) mass is 638 g/mol. The molecule has 0 atom stereocenters. The molecule has 0 fully saturated rings. The predicted molar refractivity (Wildman–Crippen MR) is 211 cm³/mol. The van der Waals surface area contributed by atoms with E-state index in [1.54, 1.807) is 0 Å². The van der Waals surface area contributed by atoms with E-state index in [1.165, 1.54) is 88.0 Å². The van der Waals surface area contributed by atoms with Gasteiger partial charge in [0.1, 0.15) is 0 Å². The topological polar surface area (TPSA) is 9.86 Å². The lowest BCUT2D eigenvalue weighted by Crippen LogP contribution is -2.30. The highest BCUT2D eigenvalue weighted by atomic mass is 15.0. The summed E-state index contributed by atoms with van der Waals surface area (Å²) in [5.74, 6) is 0. The van der Waals surface area contributed by atoms with Crippen molar-refractivity contribution in [2.24, 2.45) is 0 Å². The van der Waals surface area contributed by atoms with Crippen molar-refractivity contribution < 1.29 is 0 Å². The van der Waals surface area contributed by atoms with Gasteiger partial charge in [0, 0.05) is 38.1 Å². The van der Waals surface area contributed by atoms with E-state index in [0.29, 0.717) is 0 Å². The first-order chi connectivity index (χ1) is 24.8. The Kier molecular flexibility index (Phi) is 6.67. The third-order valence-corrected chi connectivity index (χ3v) is 10.3. The molecule has 0 saturated heterocycles. The number of fused-ring (bicyclic) bond motifs is 6. The minimum absolute atomic E-state index is 1.06. The second-order valence-corrected chi connectivity index (χ2v) is 13.3. The van der Waals surface area contributed by atoms with Crippen LogP contribution in [-0.2, 0) is 0 Å². The molecule has 2 aromatic heterocycles. The maximum atomic E-state index is 2.46. The van der Waals surface area contributed by atoms with Gasteiger partial charge < -0.3 is 9.13 Å². The molecule has 2 nitrogen and oxygen atoms in total. The Labute approximate surface area is 291 Å². The highest BCUT2D eigenvalue weighted by Crippen LogP contribution is 2.36. The van der Waals surface area contributed by atoms with E-state index in [2.05, 4.69) is 191 Å². The Bertz CT molecular complexity index is 2850. The molecule has 0 unspecified atom stereocenters. The minimum Gasteiger partial charge on any atom is -0.310 e. The van der Waals surface area contributed by atoms with Gasteiger partial charge in [-0.1, -0.05) is 127 Å². The number of hydrogen-bond donors (Lipinski definition) is 0. The summed E-state index contributed by atoms with van der Waals surface area (Å²) in [7, 11) is 0. The van der Waals surface area contributed by atoms with Crippen molar-refractivity contribution >= 4 is 44.9 Å². The molecule has 7 aromatic carbocycles. The maximum Gasteiger partial charge on any atom is 0.0541 e. The molecule has 0 spiro atoms. The molecule has 50 heavy (non-hydrogen) atoms. The Morgan fingerprint density at radius 2 is 0.820 bits per heavy atom. The number of rotatable bonds is 5. The van der Waals surface area contributed by atoms with Gasteiger partial charge in [-0.3, -0.25) is 0 Å². The van der Waals surface area contributed by atoms with E-state index in [-0.39, 0.29) is 0 Å². The summed E-state index contributed by atoms with van der Waals surface area (Å²) in [6.07, 6.45) is 6.97. The summed E-state index contributed by atoms with van der Waals surface area (Å²) in [5.41, 5.74) is 13.4. The Morgan fingerprint density at radius 3 is 1.50 bits per heavy atom. The summed E-state index contributed by atoms with van der Waals surface area (Å²) in [4.78, 5) is 0. The van der Waals surface area contributed by atoms with Crippen LogP contribution in [0.4, 0.5) is 0 Å². The SMILES string of the molecule is C1=c2c(n(-c3cccc(-c4ccccc4)c3)c3ccc(-c4ccc5c(c4)c4ccccc4n5-c4cccc(-c5ccccc5)c4)cc23)=CCC1. The van der Waals surface area contributed by atoms with Gasteiger partial charge >= 0.3 is 0 Å². The molecule has 10 rings (SSSR count). The largest absolute Gasteiger partial charge is 0.310 e. The van der Waals surface area contributed by atoms with Crippen molar-refractivity contribution in [3.63, 3.8) is 0 Å². The van der Waals surface area contributed by atoms with Crippen molar-refractivity contribution in [1.29, 1.82) is 0 Å². The van der Waals surface area contributed by atoms with Gasteiger partial charge in [-0.15, -0.1) is 0 Å². The second kappa shape index (κ2) is 11.6. The van der Waals surface area contributed by atoms with E-state index in [1.807, 2.05) is 0 Å². The van der Waals surface area contributed by atoms with Crippen LogP contribution in [0.25, 0.3) is 89.6 Å². The molecular formula is C48H34N2. The van der Waals surface area contributed by atoms with Gasteiger partial charge in [0.05, 0.1) is 16.6 Å². The number of para-hydroxylation sites is 1. The molecule has 0 aliphatic heterocycles. The highest BCUT2D eigenvalue weighted by molar-refractivity contribution is 6.10. The van der Waals surface area contributed by atoms with Crippen LogP contribution in [0.2, 0.25) is 0 Å². The van der Waals surface area contributed by atoms with Crippen molar-refractivity contribution in [2.45, 2.75) is 12.8 Å². The third kappa shape index (κ3) is 4.64. The van der Waals surface area contributed by atoms with E-state index in [4.69, 9.17) is 0 Å². The summed E-state index contributed by atoms with van der Waals surface area (Å²) in [5, 5.41) is 6.47. The molecule has 1 aliphatic carbocycles. The van der Waals surface area contributed by atoms with Crippen LogP contribution in [0.15, 0.2) is 170 Å². The van der Waals surface area contributed by atoms with Gasteiger partial charge in [-0.05, 0) is 101 Å². The molecule has 0 saturated carbocycles. The zero-order chi connectivity index (χ0) is 33.0. The van der Waals surface area contributed by atoms with Crippen molar-refractivity contribution in [1.82, 2.24) is 9.13 Å². The van der Waals surface area contributed by atoms with Crippen LogP contribution in [0, 0.1) is 0 Å². The van der Waals surface area contributed by atoms with E-state index < -0.39 is 0 Å². The normalized spacial score (nSPS) is 12.6. The van der Waals surface area contributed by atoms with Crippen LogP contribution in [-0.4, -0.2) is 9.13 Å². The molecule has 0 amide bonds. The van der Waals surface area contributed by atoms with Gasteiger partial charge in [0.2, 0.25) is 0 Å². The summed E-state index contributed by atoms with van der Waals surface area (Å²) >= 11 is 0. The lowest BCUT2D eigenvalue weighted by Gasteiger charge is -2.11. The third-order valence-electron chi connectivity index (χ3n) is 10.3. The minimum atomic E-state index is 1.06. The molecule has 236 valence electrons. The zero-order valence-electron chi connectivity index (χ0n) is 27.6. The maximum absolute atomic E-state index is 2.46. The Hall–Kier alpha value is -6.38. The molecule has 2 heterocycles. The summed E-state index contributed by atoms with van der Waals surface area (Å²) in [6, 6.07) is 61.9. The van der Waals surface area contributed by atoms with Crippen LogP contribution in [0.3, 0.4) is 0 Å². The number of nitrogens with zero attached hydrogens (tertiary/aromatic N) is 2.